The molecule has 0 unspecified atom stereocenters. The average molecular weight is 282 g/mol. The van der Waals surface area contributed by atoms with Crippen LogP contribution in [0.1, 0.15) is 31.1 Å². The average Bonchev–Trinajstić information content (AvgIpc) is 2.28. The van der Waals surface area contributed by atoms with Gasteiger partial charge in [-0.2, -0.15) is 0 Å². The van der Waals surface area contributed by atoms with E-state index < -0.39 is 23.2 Å². The maximum absolute atomic E-state index is 11.6. The zero-order valence-electron chi connectivity index (χ0n) is 11.7. The van der Waals surface area contributed by atoms with E-state index in [4.69, 9.17) is 9.84 Å². The van der Waals surface area contributed by atoms with Gasteiger partial charge in [-0.25, -0.2) is 9.59 Å². The van der Waals surface area contributed by atoms with Crippen LogP contribution in [0.5, 0.6) is 0 Å². The lowest BCUT2D eigenvalue weighted by molar-refractivity contribution is 0.0525. The second kappa shape index (κ2) is 6.23. The second-order valence-electron chi connectivity index (χ2n) is 5.18. The number of alkyl carbamates (subject to hydrolysis) is 1. The summed E-state index contributed by atoms with van der Waals surface area (Å²) in [6.07, 6.45) is 0.815. The van der Waals surface area contributed by atoms with Crippen LogP contribution in [-0.4, -0.2) is 33.9 Å². The third kappa shape index (κ3) is 5.13. The third-order valence-electron chi connectivity index (χ3n) is 2.26. The van der Waals surface area contributed by atoms with Crippen LogP contribution in [0.3, 0.4) is 0 Å². The predicted octanol–water partition coefficient (Wildman–Crippen LogP) is 1.07. The van der Waals surface area contributed by atoms with Crippen molar-refractivity contribution in [2.75, 3.05) is 6.54 Å². The van der Waals surface area contributed by atoms with E-state index in [-0.39, 0.29) is 18.7 Å². The molecule has 1 heterocycles. The molecule has 0 fully saturated rings. The molecule has 0 radical (unpaired) electrons. The lowest BCUT2D eigenvalue weighted by Gasteiger charge is -2.19. The number of hydrogen-bond acceptors (Lipinski definition) is 4. The van der Waals surface area contributed by atoms with Gasteiger partial charge in [-0.15, -0.1) is 0 Å². The molecule has 0 aliphatic carbocycles. The Labute approximate surface area is 116 Å². The number of aromatic carboxylic acids is 1. The minimum atomic E-state index is -1.15. The van der Waals surface area contributed by atoms with E-state index in [0.717, 1.165) is 6.07 Å². The lowest BCUT2D eigenvalue weighted by Crippen LogP contribution is -2.35. The van der Waals surface area contributed by atoms with Crippen LogP contribution in [0, 0.1) is 0 Å². The fourth-order valence-corrected chi connectivity index (χ4v) is 1.42. The van der Waals surface area contributed by atoms with Crippen LogP contribution in [0.2, 0.25) is 0 Å². The van der Waals surface area contributed by atoms with Crippen molar-refractivity contribution in [1.82, 2.24) is 9.88 Å². The number of nitrogens with one attached hydrogen (secondary N) is 1. The fraction of sp³-hybridized carbons (Fsp3) is 0.462. The van der Waals surface area contributed by atoms with Gasteiger partial charge in [0.15, 0.2) is 0 Å². The number of pyridine rings is 1. The second-order valence-corrected chi connectivity index (χ2v) is 5.18. The minimum absolute atomic E-state index is 0.0636. The highest BCUT2D eigenvalue weighted by Crippen LogP contribution is 2.06. The molecule has 0 aromatic carbocycles. The maximum Gasteiger partial charge on any atom is 0.407 e. The molecule has 0 aliphatic heterocycles. The summed E-state index contributed by atoms with van der Waals surface area (Å²) in [6, 6.07) is 2.37. The topological polar surface area (TPSA) is 97.6 Å². The highest BCUT2D eigenvalue weighted by atomic mass is 16.6. The maximum atomic E-state index is 11.6. The van der Waals surface area contributed by atoms with Crippen molar-refractivity contribution in [3.05, 3.63) is 34.2 Å². The Balaban J connectivity index is 2.53. The number of aromatic nitrogens is 1. The Morgan fingerprint density at radius 2 is 2.05 bits per heavy atom. The zero-order valence-corrected chi connectivity index (χ0v) is 11.7. The summed E-state index contributed by atoms with van der Waals surface area (Å²) < 4.78 is 6.35. The van der Waals surface area contributed by atoms with Crippen LogP contribution in [-0.2, 0) is 11.3 Å². The summed E-state index contributed by atoms with van der Waals surface area (Å²) in [5.74, 6) is -1.15. The highest BCUT2D eigenvalue weighted by Gasteiger charge is 2.15. The molecule has 110 valence electrons. The molecule has 2 N–H and O–H groups in total. The number of carboxylic acid groups (broad SMARTS) is 1. The number of carboxylic acids is 1. The SMILES string of the molecule is CC(C)(C)OC(=O)NCCn1ccc(C(=O)O)cc1=O. The molecular formula is C13H18N2O5. The minimum Gasteiger partial charge on any atom is -0.478 e. The largest absolute Gasteiger partial charge is 0.478 e. The van der Waals surface area contributed by atoms with Gasteiger partial charge in [0.05, 0.1) is 5.56 Å². The Kier molecular flexibility index (Phi) is 4.90. The van der Waals surface area contributed by atoms with E-state index in [2.05, 4.69) is 5.32 Å². The van der Waals surface area contributed by atoms with Gasteiger partial charge in [-0.05, 0) is 26.8 Å². The van der Waals surface area contributed by atoms with Gasteiger partial charge < -0.3 is 19.7 Å². The lowest BCUT2D eigenvalue weighted by atomic mass is 10.2. The van der Waals surface area contributed by atoms with Crippen molar-refractivity contribution in [1.29, 1.82) is 0 Å². The van der Waals surface area contributed by atoms with Crippen LogP contribution in [0.25, 0.3) is 0 Å². The van der Waals surface area contributed by atoms with Gasteiger partial charge in [0.25, 0.3) is 5.56 Å². The first-order valence-electron chi connectivity index (χ1n) is 6.10. The van der Waals surface area contributed by atoms with Gasteiger partial charge in [-0.3, -0.25) is 4.79 Å². The van der Waals surface area contributed by atoms with Gasteiger partial charge in [0, 0.05) is 25.4 Å². The molecule has 1 amide bonds. The molecular weight excluding hydrogens is 264 g/mol. The molecule has 0 spiro atoms. The van der Waals surface area contributed by atoms with Gasteiger partial charge in [-0.1, -0.05) is 0 Å². The molecule has 7 nitrogen and oxygen atoms in total. The molecule has 0 saturated carbocycles. The van der Waals surface area contributed by atoms with E-state index in [0.29, 0.717) is 0 Å². The summed E-state index contributed by atoms with van der Waals surface area (Å²) in [6.45, 7) is 5.70. The Morgan fingerprint density at radius 3 is 2.55 bits per heavy atom. The normalized spacial score (nSPS) is 10.9. The summed E-state index contributed by atoms with van der Waals surface area (Å²) in [4.78, 5) is 33.7. The van der Waals surface area contributed by atoms with Gasteiger partial charge >= 0.3 is 12.1 Å². The van der Waals surface area contributed by atoms with E-state index in [1.165, 1.54) is 16.8 Å². The Morgan fingerprint density at radius 1 is 1.40 bits per heavy atom. The van der Waals surface area contributed by atoms with E-state index in [1.807, 2.05) is 0 Å². The number of carbonyl (C=O) groups excluding carboxylic acids is 1. The third-order valence-corrected chi connectivity index (χ3v) is 2.26. The zero-order chi connectivity index (χ0) is 15.3. The number of rotatable bonds is 4. The fourth-order valence-electron chi connectivity index (χ4n) is 1.42. The van der Waals surface area contributed by atoms with E-state index in [1.54, 1.807) is 20.8 Å². The molecule has 7 heteroatoms. The molecule has 0 bridgehead atoms. The van der Waals surface area contributed by atoms with Crippen molar-refractivity contribution < 1.29 is 19.4 Å². The first-order valence-corrected chi connectivity index (χ1v) is 6.10. The van der Waals surface area contributed by atoms with E-state index >= 15 is 0 Å². The molecule has 1 rings (SSSR count). The van der Waals surface area contributed by atoms with Crippen LogP contribution >= 0.6 is 0 Å². The number of nitrogens with zero attached hydrogens (tertiary/aromatic N) is 1. The van der Waals surface area contributed by atoms with Crippen molar-refractivity contribution in [2.45, 2.75) is 32.9 Å². The number of ether oxygens (including phenoxy) is 1. The van der Waals surface area contributed by atoms with Crippen molar-refractivity contribution in [3.63, 3.8) is 0 Å². The summed E-state index contributed by atoms with van der Waals surface area (Å²) in [7, 11) is 0. The number of carbonyl (C=O) groups is 2. The number of amides is 1. The van der Waals surface area contributed by atoms with Gasteiger partial charge in [0.2, 0.25) is 0 Å². The molecule has 0 saturated heterocycles. The van der Waals surface area contributed by atoms with Gasteiger partial charge in [0.1, 0.15) is 5.60 Å². The smallest absolute Gasteiger partial charge is 0.407 e. The molecule has 0 atom stereocenters. The van der Waals surface area contributed by atoms with Crippen molar-refractivity contribution >= 4 is 12.1 Å². The summed E-state index contributed by atoms with van der Waals surface area (Å²) in [5, 5.41) is 11.3. The molecule has 1 aromatic rings. The monoisotopic (exact) mass is 282 g/mol. The quantitative estimate of drug-likeness (QED) is 0.861. The van der Waals surface area contributed by atoms with Crippen molar-refractivity contribution in [3.8, 4) is 0 Å². The first-order chi connectivity index (χ1) is 9.19. The molecule has 1 aromatic heterocycles. The van der Waals surface area contributed by atoms with Crippen LogP contribution in [0.4, 0.5) is 4.79 Å². The van der Waals surface area contributed by atoms with Crippen LogP contribution in [0.15, 0.2) is 23.1 Å². The Bertz CT molecular complexity index is 557. The first kappa shape index (κ1) is 15.7. The predicted molar refractivity (Wildman–Crippen MR) is 71.9 cm³/mol. The molecule has 0 aliphatic rings. The molecule has 20 heavy (non-hydrogen) atoms. The van der Waals surface area contributed by atoms with Crippen molar-refractivity contribution in [2.24, 2.45) is 0 Å². The number of hydrogen-bond donors (Lipinski definition) is 2. The van der Waals surface area contributed by atoms with E-state index in [9.17, 15) is 14.4 Å². The Hall–Kier alpha value is -2.31. The summed E-state index contributed by atoms with van der Waals surface area (Å²) in [5.41, 5.74) is -1.08. The van der Waals surface area contributed by atoms with Crippen LogP contribution < -0.4 is 10.9 Å². The summed E-state index contributed by atoms with van der Waals surface area (Å²) >= 11 is 0. The highest BCUT2D eigenvalue weighted by molar-refractivity contribution is 5.87. The standard InChI is InChI=1S/C13H18N2O5/c1-13(2,3)20-12(19)14-5-7-15-6-4-9(11(17)18)8-10(15)16/h4,6,8H,5,7H2,1-3H3,(H,14,19)(H,17,18).